The van der Waals surface area contributed by atoms with E-state index < -0.39 is 0 Å². The maximum Gasteiger partial charge on any atom is 0.0615 e. The average Bonchev–Trinajstić information content (AvgIpc) is 2.19. The lowest BCUT2D eigenvalue weighted by Crippen LogP contribution is -2.44. The van der Waals surface area contributed by atoms with Crippen LogP contribution >= 0.6 is 0 Å². The van der Waals surface area contributed by atoms with Gasteiger partial charge in [0.25, 0.3) is 0 Å². The Morgan fingerprint density at radius 1 is 1.43 bits per heavy atom. The lowest BCUT2D eigenvalue weighted by molar-refractivity contribution is 0.0876. The van der Waals surface area contributed by atoms with Crippen molar-refractivity contribution >= 4 is 0 Å². The predicted octanol–water partition coefficient (Wildman–Crippen LogP) is 1.47. The smallest absolute Gasteiger partial charge is 0.0615 e. The monoisotopic (exact) mass is 202 g/mol. The molecular formula is C11H26N2O. The van der Waals surface area contributed by atoms with Crippen molar-refractivity contribution in [2.24, 2.45) is 5.73 Å². The van der Waals surface area contributed by atoms with Crippen LogP contribution in [0.4, 0.5) is 0 Å². The highest BCUT2D eigenvalue weighted by atomic mass is 16.5. The highest BCUT2D eigenvalue weighted by molar-refractivity contribution is 4.74. The summed E-state index contributed by atoms with van der Waals surface area (Å²) in [6.45, 7) is 5.91. The highest BCUT2D eigenvalue weighted by Gasteiger charge is 2.17. The van der Waals surface area contributed by atoms with Crippen molar-refractivity contribution in [2.45, 2.75) is 45.2 Å². The number of hydrogen-bond donors (Lipinski definition) is 1. The molecule has 0 aliphatic carbocycles. The van der Waals surface area contributed by atoms with E-state index in [9.17, 15) is 0 Å². The topological polar surface area (TPSA) is 38.5 Å². The summed E-state index contributed by atoms with van der Waals surface area (Å²) < 4.78 is 5.14. The SMILES string of the molecule is CCCCC(CN)N(C)C(C)COC. The minimum atomic E-state index is 0.449. The van der Waals surface area contributed by atoms with E-state index in [1.165, 1.54) is 19.3 Å². The first-order valence-corrected chi connectivity index (χ1v) is 5.58. The van der Waals surface area contributed by atoms with Gasteiger partial charge in [0.15, 0.2) is 0 Å². The van der Waals surface area contributed by atoms with Crippen LogP contribution in [0.25, 0.3) is 0 Å². The van der Waals surface area contributed by atoms with Crippen molar-refractivity contribution in [1.82, 2.24) is 4.90 Å². The van der Waals surface area contributed by atoms with E-state index in [1.54, 1.807) is 7.11 Å². The molecule has 0 aliphatic heterocycles. The fourth-order valence-corrected chi connectivity index (χ4v) is 1.65. The third-order valence-corrected chi connectivity index (χ3v) is 2.84. The number of unbranched alkanes of at least 4 members (excludes halogenated alkanes) is 1. The molecule has 2 N–H and O–H groups in total. The van der Waals surface area contributed by atoms with Gasteiger partial charge in [-0.2, -0.15) is 0 Å². The first-order chi connectivity index (χ1) is 6.67. The van der Waals surface area contributed by atoms with Crippen LogP contribution in [0, 0.1) is 0 Å². The Bertz CT molecular complexity index is 130. The van der Waals surface area contributed by atoms with Gasteiger partial charge in [-0.25, -0.2) is 0 Å². The molecule has 3 nitrogen and oxygen atoms in total. The van der Waals surface area contributed by atoms with Gasteiger partial charge in [0.1, 0.15) is 0 Å². The van der Waals surface area contributed by atoms with Crippen LogP contribution in [-0.4, -0.2) is 44.3 Å². The van der Waals surface area contributed by atoms with Crippen molar-refractivity contribution in [3.05, 3.63) is 0 Å². The largest absolute Gasteiger partial charge is 0.383 e. The van der Waals surface area contributed by atoms with Gasteiger partial charge in [-0.3, -0.25) is 4.90 Å². The van der Waals surface area contributed by atoms with Crippen LogP contribution in [0.5, 0.6) is 0 Å². The van der Waals surface area contributed by atoms with E-state index >= 15 is 0 Å². The fourth-order valence-electron chi connectivity index (χ4n) is 1.65. The van der Waals surface area contributed by atoms with Gasteiger partial charge >= 0.3 is 0 Å². The summed E-state index contributed by atoms with van der Waals surface area (Å²) >= 11 is 0. The Labute approximate surface area is 88.6 Å². The van der Waals surface area contributed by atoms with E-state index in [2.05, 4.69) is 25.8 Å². The summed E-state index contributed by atoms with van der Waals surface area (Å²) in [5.74, 6) is 0. The van der Waals surface area contributed by atoms with Crippen molar-refractivity contribution < 1.29 is 4.74 Å². The second-order valence-electron chi connectivity index (χ2n) is 4.00. The lowest BCUT2D eigenvalue weighted by Gasteiger charge is -2.32. The van der Waals surface area contributed by atoms with Crippen LogP contribution < -0.4 is 5.73 Å². The van der Waals surface area contributed by atoms with E-state index in [4.69, 9.17) is 10.5 Å². The van der Waals surface area contributed by atoms with E-state index in [0.717, 1.165) is 13.2 Å². The minimum Gasteiger partial charge on any atom is -0.383 e. The van der Waals surface area contributed by atoms with E-state index in [-0.39, 0.29) is 0 Å². The lowest BCUT2D eigenvalue weighted by atomic mass is 10.1. The summed E-state index contributed by atoms with van der Waals surface area (Å²) in [5.41, 5.74) is 5.77. The van der Waals surface area contributed by atoms with Gasteiger partial charge in [-0.05, 0) is 20.4 Å². The first kappa shape index (κ1) is 13.9. The molecule has 2 unspecified atom stereocenters. The zero-order chi connectivity index (χ0) is 11.0. The van der Waals surface area contributed by atoms with Gasteiger partial charge in [-0.15, -0.1) is 0 Å². The summed E-state index contributed by atoms with van der Waals surface area (Å²) in [6, 6.07) is 0.950. The van der Waals surface area contributed by atoms with Crippen molar-refractivity contribution in [2.75, 3.05) is 27.3 Å². The average molecular weight is 202 g/mol. The highest BCUT2D eigenvalue weighted by Crippen LogP contribution is 2.09. The molecule has 0 rings (SSSR count). The molecular weight excluding hydrogens is 176 g/mol. The molecule has 14 heavy (non-hydrogen) atoms. The molecule has 0 amide bonds. The summed E-state index contributed by atoms with van der Waals surface area (Å²) in [5, 5.41) is 0. The molecule has 3 heteroatoms. The molecule has 86 valence electrons. The van der Waals surface area contributed by atoms with Gasteiger partial charge in [-0.1, -0.05) is 19.8 Å². The summed E-state index contributed by atoms with van der Waals surface area (Å²) in [6.07, 6.45) is 3.69. The molecule has 0 heterocycles. The second kappa shape index (κ2) is 8.21. The Balaban J connectivity index is 3.94. The van der Waals surface area contributed by atoms with Gasteiger partial charge in [0.2, 0.25) is 0 Å². The van der Waals surface area contributed by atoms with Crippen LogP contribution in [-0.2, 0) is 4.74 Å². The van der Waals surface area contributed by atoms with Crippen molar-refractivity contribution in [1.29, 1.82) is 0 Å². The molecule has 0 aromatic carbocycles. The minimum absolute atomic E-state index is 0.449. The number of nitrogens with zero attached hydrogens (tertiary/aromatic N) is 1. The molecule has 2 atom stereocenters. The first-order valence-electron chi connectivity index (χ1n) is 5.58. The van der Waals surface area contributed by atoms with Crippen LogP contribution in [0.1, 0.15) is 33.1 Å². The molecule has 0 saturated carbocycles. The number of likely N-dealkylation sites (N-methyl/N-ethyl adjacent to an activating group) is 1. The van der Waals surface area contributed by atoms with Crippen LogP contribution in [0.2, 0.25) is 0 Å². The maximum absolute atomic E-state index is 5.77. The Hall–Kier alpha value is -0.120. The second-order valence-corrected chi connectivity index (χ2v) is 4.00. The molecule has 0 aliphatic rings. The van der Waals surface area contributed by atoms with E-state index in [0.29, 0.717) is 12.1 Å². The zero-order valence-electron chi connectivity index (χ0n) is 10.1. The maximum atomic E-state index is 5.77. The number of nitrogens with two attached hydrogens (primary N) is 1. The molecule has 0 radical (unpaired) electrons. The molecule has 0 fully saturated rings. The summed E-state index contributed by atoms with van der Waals surface area (Å²) in [7, 11) is 3.88. The Morgan fingerprint density at radius 2 is 2.07 bits per heavy atom. The normalized spacial score (nSPS) is 15.9. The van der Waals surface area contributed by atoms with Crippen molar-refractivity contribution in [3.8, 4) is 0 Å². The molecule has 0 saturated heterocycles. The third kappa shape index (κ3) is 4.94. The van der Waals surface area contributed by atoms with Crippen LogP contribution in [0.15, 0.2) is 0 Å². The summed E-state index contributed by atoms with van der Waals surface area (Å²) in [4.78, 5) is 2.33. The fraction of sp³-hybridized carbons (Fsp3) is 1.00. The van der Waals surface area contributed by atoms with Crippen molar-refractivity contribution in [3.63, 3.8) is 0 Å². The third-order valence-electron chi connectivity index (χ3n) is 2.84. The Kier molecular flexibility index (Phi) is 8.14. The number of hydrogen-bond acceptors (Lipinski definition) is 3. The van der Waals surface area contributed by atoms with Gasteiger partial charge in [0, 0.05) is 25.7 Å². The van der Waals surface area contributed by atoms with Gasteiger partial charge in [0.05, 0.1) is 6.61 Å². The number of rotatable bonds is 8. The van der Waals surface area contributed by atoms with E-state index in [1.807, 2.05) is 0 Å². The predicted molar refractivity (Wildman–Crippen MR) is 61.5 cm³/mol. The molecule has 0 aromatic rings. The molecule has 0 bridgehead atoms. The molecule has 0 aromatic heterocycles. The number of methoxy groups -OCH3 is 1. The van der Waals surface area contributed by atoms with Gasteiger partial charge < -0.3 is 10.5 Å². The standard InChI is InChI=1S/C11H26N2O/c1-5-6-7-11(8-12)13(3)10(2)9-14-4/h10-11H,5-9,12H2,1-4H3. The quantitative estimate of drug-likeness (QED) is 0.648. The Morgan fingerprint density at radius 3 is 2.50 bits per heavy atom. The number of ether oxygens (including phenoxy) is 1. The zero-order valence-corrected chi connectivity index (χ0v) is 10.1. The van der Waals surface area contributed by atoms with Crippen LogP contribution in [0.3, 0.4) is 0 Å². The molecule has 0 spiro atoms.